The Bertz CT molecular complexity index is 362. The molecule has 0 saturated carbocycles. The van der Waals surface area contributed by atoms with E-state index in [1.54, 1.807) is 19.1 Å². The Morgan fingerprint density at radius 3 is 2.86 bits per heavy atom. The summed E-state index contributed by atoms with van der Waals surface area (Å²) in [5, 5.41) is 8.76. The fraction of sp³-hybridized carbons (Fsp3) is 0.300. The molecule has 1 rings (SSSR count). The Balaban J connectivity index is 2.95. The maximum Gasteiger partial charge on any atom is 0.169 e. The zero-order chi connectivity index (χ0) is 10.6. The fourth-order valence-corrected chi connectivity index (χ4v) is 1.30. The molecule has 1 unspecified atom stereocenters. The van der Waals surface area contributed by atoms with Gasteiger partial charge >= 0.3 is 0 Å². The number of rotatable bonds is 3. The van der Waals surface area contributed by atoms with Gasteiger partial charge in [-0.2, -0.15) is 5.26 Å². The van der Waals surface area contributed by atoms with Gasteiger partial charge in [0.05, 0.1) is 10.5 Å². The lowest BCUT2D eigenvalue weighted by Gasteiger charge is -2.09. The molecular weight excluding hydrogens is 249 g/mol. The van der Waals surface area contributed by atoms with Gasteiger partial charge < -0.3 is 4.74 Å². The van der Waals surface area contributed by atoms with Crippen LogP contribution in [0.5, 0.6) is 0 Å². The maximum absolute atomic E-state index is 13.1. The zero-order valence-corrected chi connectivity index (χ0v) is 9.21. The molecule has 0 fully saturated rings. The zero-order valence-electron chi connectivity index (χ0n) is 7.63. The van der Waals surface area contributed by atoms with Crippen molar-refractivity contribution in [1.82, 2.24) is 0 Å². The minimum absolute atomic E-state index is 0.384. The summed E-state index contributed by atoms with van der Waals surface area (Å²) in [6.07, 6.45) is -0.692. The molecule has 0 N–H and O–H groups in total. The minimum Gasteiger partial charge on any atom is -0.359 e. The van der Waals surface area contributed by atoms with E-state index in [2.05, 4.69) is 15.9 Å². The van der Waals surface area contributed by atoms with E-state index >= 15 is 0 Å². The number of nitriles is 1. The van der Waals surface area contributed by atoms with Gasteiger partial charge in [0, 0.05) is 6.61 Å². The summed E-state index contributed by atoms with van der Waals surface area (Å²) < 4.78 is 18.6. The van der Waals surface area contributed by atoms with Crippen LogP contribution in [-0.4, -0.2) is 6.61 Å². The lowest BCUT2D eigenvalue weighted by atomic mass is 10.1. The maximum atomic E-state index is 13.1. The molecule has 0 saturated heterocycles. The molecule has 0 amide bonds. The predicted molar refractivity (Wildman–Crippen MR) is 54.1 cm³/mol. The van der Waals surface area contributed by atoms with Crippen molar-refractivity contribution >= 4 is 15.9 Å². The molecule has 0 aliphatic rings. The minimum atomic E-state index is -0.692. The third-order valence-corrected chi connectivity index (χ3v) is 2.34. The predicted octanol–water partition coefficient (Wildman–Crippen LogP) is 3.19. The SMILES string of the molecule is CCOC(C#N)c1ccc(Br)c(F)c1. The van der Waals surface area contributed by atoms with E-state index in [9.17, 15) is 4.39 Å². The van der Waals surface area contributed by atoms with Crippen molar-refractivity contribution in [3.8, 4) is 6.07 Å². The van der Waals surface area contributed by atoms with Gasteiger partial charge in [-0.1, -0.05) is 6.07 Å². The Morgan fingerprint density at radius 2 is 2.36 bits per heavy atom. The van der Waals surface area contributed by atoms with E-state index in [1.807, 2.05) is 6.07 Å². The van der Waals surface area contributed by atoms with E-state index in [0.717, 1.165) is 0 Å². The molecule has 4 heteroatoms. The van der Waals surface area contributed by atoms with Gasteiger partial charge in [-0.05, 0) is 40.5 Å². The van der Waals surface area contributed by atoms with Crippen LogP contribution in [0.4, 0.5) is 4.39 Å². The fourth-order valence-electron chi connectivity index (χ4n) is 1.05. The molecule has 0 spiro atoms. The molecule has 0 radical (unpaired) electrons. The van der Waals surface area contributed by atoms with E-state index in [4.69, 9.17) is 10.00 Å². The van der Waals surface area contributed by atoms with Crippen LogP contribution in [0.1, 0.15) is 18.6 Å². The highest BCUT2D eigenvalue weighted by Crippen LogP contribution is 2.22. The second-order valence-corrected chi connectivity index (χ2v) is 3.49. The molecule has 74 valence electrons. The van der Waals surface area contributed by atoms with Gasteiger partial charge in [-0.3, -0.25) is 0 Å². The smallest absolute Gasteiger partial charge is 0.169 e. The number of halogens is 2. The van der Waals surface area contributed by atoms with Gasteiger partial charge in [0.1, 0.15) is 5.82 Å². The van der Waals surface area contributed by atoms with Crippen molar-refractivity contribution < 1.29 is 9.13 Å². The number of ether oxygens (including phenoxy) is 1. The molecule has 0 aromatic heterocycles. The monoisotopic (exact) mass is 257 g/mol. The van der Waals surface area contributed by atoms with Crippen LogP contribution in [0.3, 0.4) is 0 Å². The number of hydrogen-bond acceptors (Lipinski definition) is 2. The Kier molecular flexibility index (Phi) is 4.05. The van der Waals surface area contributed by atoms with E-state index in [1.165, 1.54) is 6.07 Å². The van der Waals surface area contributed by atoms with Crippen molar-refractivity contribution in [3.63, 3.8) is 0 Å². The molecule has 1 atom stereocenters. The molecule has 0 heterocycles. The van der Waals surface area contributed by atoms with E-state index in [-0.39, 0.29) is 5.82 Å². The molecule has 14 heavy (non-hydrogen) atoms. The highest BCUT2D eigenvalue weighted by molar-refractivity contribution is 9.10. The normalized spacial score (nSPS) is 12.1. The summed E-state index contributed by atoms with van der Waals surface area (Å²) in [4.78, 5) is 0. The summed E-state index contributed by atoms with van der Waals surface area (Å²) in [5.74, 6) is -0.387. The first-order valence-electron chi connectivity index (χ1n) is 4.15. The Labute approximate surface area is 90.4 Å². The summed E-state index contributed by atoms with van der Waals surface area (Å²) in [6.45, 7) is 2.22. The van der Waals surface area contributed by atoms with Crippen molar-refractivity contribution in [2.75, 3.05) is 6.61 Å². The third-order valence-electron chi connectivity index (χ3n) is 1.70. The average Bonchev–Trinajstić information content (AvgIpc) is 2.19. The molecular formula is C10H9BrFNO. The van der Waals surface area contributed by atoms with Gasteiger partial charge in [0.15, 0.2) is 6.10 Å². The van der Waals surface area contributed by atoms with Gasteiger partial charge in [-0.15, -0.1) is 0 Å². The van der Waals surface area contributed by atoms with Gasteiger partial charge in [0.2, 0.25) is 0 Å². The average molecular weight is 258 g/mol. The third kappa shape index (κ3) is 2.53. The first kappa shape index (κ1) is 11.2. The van der Waals surface area contributed by atoms with Gasteiger partial charge in [0.25, 0.3) is 0 Å². The number of nitrogens with zero attached hydrogens (tertiary/aromatic N) is 1. The largest absolute Gasteiger partial charge is 0.359 e. The number of hydrogen-bond donors (Lipinski definition) is 0. The van der Waals surface area contributed by atoms with Gasteiger partial charge in [-0.25, -0.2) is 4.39 Å². The molecule has 0 aliphatic heterocycles. The second kappa shape index (κ2) is 5.08. The lowest BCUT2D eigenvalue weighted by molar-refractivity contribution is 0.102. The Morgan fingerprint density at radius 1 is 1.64 bits per heavy atom. The van der Waals surface area contributed by atoms with Crippen molar-refractivity contribution in [2.24, 2.45) is 0 Å². The summed E-state index contributed by atoms with van der Waals surface area (Å²) in [6, 6.07) is 6.49. The standard InChI is InChI=1S/C10H9BrFNO/c1-2-14-10(6-13)7-3-4-8(11)9(12)5-7/h3-5,10H,2H2,1H3. The summed E-state index contributed by atoms with van der Waals surface area (Å²) in [5.41, 5.74) is 0.537. The lowest BCUT2D eigenvalue weighted by Crippen LogP contribution is -2.01. The molecule has 0 bridgehead atoms. The molecule has 0 aliphatic carbocycles. The first-order valence-corrected chi connectivity index (χ1v) is 4.94. The van der Waals surface area contributed by atoms with E-state index in [0.29, 0.717) is 16.6 Å². The molecule has 1 aromatic carbocycles. The topological polar surface area (TPSA) is 33.0 Å². The quantitative estimate of drug-likeness (QED) is 0.834. The number of benzene rings is 1. The van der Waals surface area contributed by atoms with E-state index < -0.39 is 6.10 Å². The molecule has 1 aromatic rings. The highest BCUT2D eigenvalue weighted by Gasteiger charge is 2.11. The second-order valence-electron chi connectivity index (χ2n) is 2.64. The van der Waals surface area contributed by atoms with Crippen molar-refractivity contribution in [2.45, 2.75) is 13.0 Å². The van der Waals surface area contributed by atoms with Crippen molar-refractivity contribution in [3.05, 3.63) is 34.1 Å². The Hall–Kier alpha value is -0.920. The van der Waals surface area contributed by atoms with Crippen LogP contribution in [0.25, 0.3) is 0 Å². The first-order chi connectivity index (χ1) is 6.69. The van der Waals surface area contributed by atoms with Crippen LogP contribution in [0.2, 0.25) is 0 Å². The molecule has 2 nitrogen and oxygen atoms in total. The van der Waals surface area contributed by atoms with Crippen LogP contribution in [0, 0.1) is 17.1 Å². The highest BCUT2D eigenvalue weighted by atomic mass is 79.9. The van der Waals surface area contributed by atoms with Crippen LogP contribution in [-0.2, 0) is 4.74 Å². The van der Waals surface area contributed by atoms with Crippen LogP contribution >= 0.6 is 15.9 Å². The summed E-state index contributed by atoms with van der Waals surface area (Å²) >= 11 is 3.04. The van der Waals surface area contributed by atoms with Crippen LogP contribution in [0.15, 0.2) is 22.7 Å². The summed E-state index contributed by atoms with van der Waals surface area (Å²) in [7, 11) is 0. The van der Waals surface area contributed by atoms with Crippen LogP contribution < -0.4 is 0 Å². The van der Waals surface area contributed by atoms with Crippen molar-refractivity contribution in [1.29, 1.82) is 5.26 Å².